The lowest BCUT2D eigenvalue weighted by atomic mass is 10.0. The summed E-state index contributed by atoms with van der Waals surface area (Å²) >= 11 is 0. The molecule has 0 saturated carbocycles. The van der Waals surface area contributed by atoms with Gasteiger partial charge in [-0.15, -0.1) is 0 Å². The Kier molecular flexibility index (Phi) is 4.99. The maximum atomic E-state index is 8.88. The van der Waals surface area contributed by atoms with Crippen molar-refractivity contribution in [3.63, 3.8) is 0 Å². The van der Waals surface area contributed by atoms with Crippen LogP contribution in [0.15, 0.2) is 24.3 Å². The van der Waals surface area contributed by atoms with E-state index in [4.69, 9.17) is 11.0 Å². The van der Waals surface area contributed by atoms with Crippen molar-refractivity contribution in [2.45, 2.75) is 26.8 Å². The van der Waals surface area contributed by atoms with E-state index in [0.29, 0.717) is 6.04 Å². The molecule has 2 N–H and O–H groups in total. The van der Waals surface area contributed by atoms with E-state index in [2.05, 4.69) is 30.9 Å². The molecule has 1 aromatic carbocycles. The van der Waals surface area contributed by atoms with E-state index in [0.717, 1.165) is 18.8 Å². The molecular formula is C14H21N3. The first-order valence-electron chi connectivity index (χ1n) is 6.07. The summed E-state index contributed by atoms with van der Waals surface area (Å²) in [6.45, 7) is 7.95. The van der Waals surface area contributed by atoms with Gasteiger partial charge in [0.15, 0.2) is 0 Å². The summed E-state index contributed by atoms with van der Waals surface area (Å²) < 4.78 is 0. The van der Waals surface area contributed by atoms with Gasteiger partial charge in [0.1, 0.15) is 0 Å². The minimum atomic E-state index is 0.0541. The number of nitrogen functional groups attached to an aromatic ring is 1. The fourth-order valence-electron chi connectivity index (χ4n) is 1.98. The molecule has 2 atom stereocenters. The van der Waals surface area contributed by atoms with Gasteiger partial charge in [-0.25, -0.2) is 0 Å². The molecule has 0 heterocycles. The number of hydrogen-bond donors (Lipinski definition) is 1. The minimum Gasteiger partial charge on any atom is -0.399 e. The smallest absolute Gasteiger partial charge is 0.0666 e. The second-order valence-electron chi connectivity index (χ2n) is 4.46. The number of nitrogens with zero attached hydrogens (tertiary/aromatic N) is 2. The molecule has 0 aliphatic rings. The van der Waals surface area contributed by atoms with Crippen LogP contribution >= 0.6 is 0 Å². The highest BCUT2D eigenvalue weighted by Gasteiger charge is 2.16. The molecule has 17 heavy (non-hydrogen) atoms. The number of rotatable bonds is 5. The molecule has 1 aromatic rings. The second-order valence-corrected chi connectivity index (χ2v) is 4.46. The summed E-state index contributed by atoms with van der Waals surface area (Å²) in [7, 11) is 0. The van der Waals surface area contributed by atoms with E-state index in [1.54, 1.807) is 0 Å². The molecule has 0 fully saturated rings. The van der Waals surface area contributed by atoms with Crippen molar-refractivity contribution in [1.82, 2.24) is 4.90 Å². The van der Waals surface area contributed by atoms with Crippen LogP contribution < -0.4 is 5.73 Å². The topological polar surface area (TPSA) is 53.0 Å². The Hall–Kier alpha value is -1.53. The van der Waals surface area contributed by atoms with Gasteiger partial charge in [0, 0.05) is 18.3 Å². The van der Waals surface area contributed by atoms with Gasteiger partial charge in [-0.2, -0.15) is 5.26 Å². The number of nitrogens with two attached hydrogens (primary N) is 1. The molecule has 0 radical (unpaired) electrons. The third-order valence-corrected chi connectivity index (χ3v) is 3.08. The summed E-state index contributed by atoms with van der Waals surface area (Å²) in [5.41, 5.74) is 7.79. The van der Waals surface area contributed by atoms with Crippen molar-refractivity contribution in [2.75, 3.05) is 18.8 Å². The molecule has 0 bridgehead atoms. The first kappa shape index (κ1) is 13.5. The Morgan fingerprint density at radius 3 is 2.65 bits per heavy atom. The van der Waals surface area contributed by atoms with Crippen LogP contribution in [-0.4, -0.2) is 18.0 Å². The highest BCUT2D eigenvalue weighted by molar-refractivity contribution is 5.41. The van der Waals surface area contributed by atoms with Gasteiger partial charge in [-0.05, 0) is 38.1 Å². The summed E-state index contributed by atoms with van der Waals surface area (Å²) in [5.74, 6) is 0.0541. The van der Waals surface area contributed by atoms with Crippen molar-refractivity contribution >= 4 is 5.69 Å². The van der Waals surface area contributed by atoms with Gasteiger partial charge >= 0.3 is 0 Å². The zero-order valence-corrected chi connectivity index (χ0v) is 10.9. The highest BCUT2D eigenvalue weighted by atomic mass is 15.1. The number of hydrogen-bond acceptors (Lipinski definition) is 3. The van der Waals surface area contributed by atoms with Crippen molar-refractivity contribution < 1.29 is 0 Å². The quantitative estimate of drug-likeness (QED) is 0.793. The predicted octanol–water partition coefficient (Wildman–Crippen LogP) is 2.81. The van der Waals surface area contributed by atoms with Gasteiger partial charge in [-0.1, -0.05) is 19.1 Å². The first-order chi connectivity index (χ1) is 8.08. The van der Waals surface area contributed by atoms with Gasteiger partial charge in [0.05, 0.1) is 12.0 Å². The Balaban J connectivity index is 2.79. The Labute approximate surface area is 104 Å². The minimum absolute atomic E-state index is 0.0541. The van der Waals surface area contributed by atoms with Gasteiger partial charge in [-0.3, -0.25) is 4.90 Å². The standard InChI is InChI=1S/C14H21N3/c1-4-17(10-11(2)9-15)12(3)13-6-5-7-14(16)8-13/h5-8,11-12H,4,10,16H2,1-3H3. The van der Waals surface area contributed by atoms with Crippen LogP contribution in [0.4, 0.5) is 5.69 Å². The lowest BCUT2D eigenvalue weighted by Crippen LogP contribution is -2.30. The van der Waals surface area contributed by atoms with Gasteiger partial charge in [0.2, 0.25) is 0 Å². The number of nitriles is 1. The molecule has 2 unspecified atom stereocenters. The Morgan fingerprint density at radius 1 is 1.41 bits per heavy atom. The van der Waals surface area contributed by atoms with Crippen LogP contribution in [0, 0.1) is 17.2 Å². The summed E-state index contributed by atoms with van der Waals surface area (Å²) in [5, 5.41) is 8.88. The second kappa shape index (κ2) is 6.27. The van der Waals surface area contributed by atoms with Crippen molar-refractivity contribution in [2.24, 2.45) is 5.92 Å². The molecule has 0 aliphatic heterocycles. The number of anilines is 1. The van der Waals surface area contributed by atoms with Crippen molar-refractivity contribution in [3.8, 4) is 6.07 Å². The average molecular weight is 231 g/mol. The van der Waals surface area contributed by atoms with Gasteiger partial charge in [0.25, 0.3) is 0 Å². The maximum absolute atomic E-state index is 8.88. The summed E-state index contributed by atoms with van der Waals surface area (Å²) in [6, 6.07) is 10.5. The molecule has 0 spiro atoms. The fourth-order valence-corrected chi connectivity index (χ4v) is 1.98. The van der Waals surface area contributed by atoms with Crippen LogP contribution in [0.25, 0.3) is 0 Å². The Bertz CT molecular complexity index is 395. The third-order valence-electron chi connectivity index (χ3n) is 3.08. The van der Waals surface area contributed by atoms with E-state index >= 15 is 0 Å². The SMILES string of the molecule is CCN(CC(C)C#N)C(C)c1cccc(N)c1. The van der Waals surface area contributed by atoms with Crippen LogP contribution in [0.3, 0.4) is 0 Å². The molecule has 0 aliphatic carbocycles. The molecule has 0 aromatic heterocycles. The van der Waals surface area contributed by atoms with E-state index in [9.17, 15) is 0 Å². The fraction of sp³-hybridized carbons (Fsp3) is 0.500. The molecular weight excluding hydrogens is 210 g/mol. The van der Waals surface area contributed by atoms with Crippen LogP contribution in [0.2, 0.25) is 0 Å². The molecule has 3 heteroatoms. The molecule has 1 rings (SSSR count). The third kappa shape index (κ3) is 3.76. The zero-order chi connectivity index (χ0) is 12.8. The van der Waals surface area contributed by atoms with E-state index < -0.39 is 0 Å². The van der Waals surface area contributed by atoms with Gasteiger partial charge < -0.3 is 5.73 Å². The number of benzene rings is 1. The van der Waals surface area contributed by atoms with E-state index in [1.807, 2.05) is 25.1 Å². The largest absolute Gasteiger partial charge is 0.399 e. The Morgan fingerprint density at radius 2 is 2.12 bits per heavy atom. The van der Waals surface area contributed by atoms with E-state index in [1.165, 1.54) is 5.56 Å². The van der Waals surface area contributed by atoms with Crippen molar-refractivity contribution in [3.05, 3.63) is 29.8 Å². The lowest BCUT2D eigenvalue weighted by molar-refractivity contribution is 0.207. The summed E-state index contributed by atoms with van der Waals surface area (Å²) in [4.78, 5) is 2.29. The lowest BCUT2D eigenvalue weighted by Gasteiger charge is -2.29. The predicted molar refractivity (Wildman–Crippen MR) is 71.3 cm³/mol. The van der Waals surface area contributed by atoms with Crippen LogP contribution in [0.5, 0.6) is 0 Å². The van der Waals surface area contributed by atoms with Crippen molar-refractivity contribution in [1.29, 1.82) is 5.26 Å². The normalized spacial score (nSPS) is 14.3. The van der Waals surface area contributed by atoms with E-state index in [-0.39, 0.29) is 5.92 Å². The molecule has 0 saturated heterocycles. The molecule has 3 nitrogen and oxygen atoms in total. The summed E-state index contributed by atoms with van der Waals surface area (Å²) in [6.07, 6.45) is 0. The van der Waals surface area contributed by atoms with Crippen LogP contribution in [0.1, 0.15) is 32.4 Å². The highest BCUT2D eigenvalue weighted by Crippen LogP contribution is 2.22. The van der Waals surface area contributed by atoms with Crippen LogP contribution in [-0.2, 0) is 0 Å². The first-order valence-corrected chi connectivity index (χ1v) is 6.07. The maximum Gasteiger partial charge on any atom is 0.0666 e. The molecule has 92 valence electrons. The molecule has 0 amide bonds. The zero-order valence-electron chi connectivity index (χ0n) is 10.9. The monoisotopic (exact) mass is 231 g/mol. The average Bonchev–Trinajstić information content (AvgIpc) is 2.34.